The van der Waals surface area contributed by atoms with E-state index in [0.717, 1.165) is 0 Å². The van der Waals surface area contributed by atoms with Gasteiger partial charge in [-0.1, -0.05) is 0 Å². The zero-order valence-corrected chi connectivity index (χ0v) is 11.0. The number of amides is 2. The molecular weight excluding hydrogens is 286 g/mol. The third-order valence-corrected chi connectivity index (χ3v) is 2.87. The predicted octanol–water partition coefficient (Wildman–Crippen LogP) is 0.897. The summed E-state index contributed by atoms with van der Waals surface area (Å²) in [6.45, 7) is 0.306. The zero-order valence-electron chi connectivity index (χ0n) is 9.42. The number of nitrogens with one attached hydrogen (secondary N) is 2. The monoisotopic (exact) mass is 299 g/mol. The molecule has 0 unspecified atom stereocenters. The van der Waals surface area contributed by atoms with Crippen molar-refractivity contribution in [3.05, 3.63) is 28.2 Å². The Hall–Kier alpha value is -1.56. The van der Waals surface area contributed by atoms with Crippen LogP contribution in [0.3, 0.4) is 0 Å². The van der Waals surface area contributed by atoms with Crippen LogP contribution in [0.4, 0.5) is 5.69 Å². The van der Waals surface area contributed by atoms with Crippen LogP contribution in [0.5, 0.6) is 0 Å². The van der Waals surface area contributed by atoms with Gasteiger partial charge in [-0.15, -0.1) is 0 Å². The number of hydrogen-bond acceptors (Lipinski definition) is 3. The van der Waals surface area contributed by atoms with Gasteiger partial charge in [-0.05, 0) is 34.1 Å². The second-order valence-electron chi connectivity index (χ2n) is 3.42. The molecule has 17 heavy (non-hydrogen) atoms. The molecule has 0 aliphatic carbocycles. The Morgan fingerprint density at radius 1 is 1.41 bits per heavy atom. The Labute approximate surface area is 108 Å². The van der Waals surface area contributed by atoms with Crippen molar-refractivity contribution in [2.45, 2.75) is 6.42 Å². The summed E-state index contributed by atoms with van der Waals surface area (Å²) in [7, 11) is 1.56. The number of hydrogen-bond donors (Lipinski definition) is 3. The third kappa shape index (κ3) is 4.07. The Morgan fingerprint density at radius 2 is 2.12 bits per heavy atom. The van der Waals surface area contributed by atoms with Gasteiger partial charge in [0.25, 0.3) is 5.91 Å². The third-order valence-electron chi connectivity index (χ3n) is 2.18. The fourth-order valence-electron chi connectivity index (χ4n) is 1.18. The first-order valence-corrected chi connectivity index (χ1v) is 5.87. The largest absolute Gasteiger partial charge is 0.398 e. The highest BCUT2D eigenvalue weighted by atomic mass is 79.9. The summed E-state index contributed by atoms with van der Waals surface area (Å²) in [6.07, 6.45) is 0.262. The van der Waals surface area contributed by atoms with E-state index in [1.807, 2.05) is 0 Å². The molecule has 0 aliphatic heterocycles. The molecule has 0 aliphatic rings. The Morgan fingerprint density at radius 3 is 2.71 bits per heavy atom. The van der Waals surface area contributed by atoms with Crippen molar-refractivity contribution in [3.63, 3.8) is 0 Å². The lowest BCUT2D eigenvalue weighted by molar-refractivity contribution is -0.120. The highest BCUT2D eigenvalue weighted by Crippen LogP contribution is 2.20. The molecule has 0 heterocycles. The van der Waals surface area contributed by atoms with Crippen LogP contribution in [0.25, 0.3) is 0 Å². The van der Waals surface area contributed by atoms with Gasteiger partial charge in [0.05, 0.1) is 0 Å². The van der Waals surface area contributed by atoms with Gasteiger partial charge in [0, 0.05) is 35.7 Å². The molecule has 92 valence electrons. The molecule has 0 bridgehead atoms. The molecule has 2 amide bonds. The second-order valence-corrected chi connectivity index (χ2v) is 4.27. The molecule has 0 atom stereocenters. The maximum Gasteiger partial charge on any atom is 0.251 e. The first-order valence-electron chi connectivity index (χ1n) is 5.08. The summed E-state index contributed by atoms with van der Waals surface area (Å²) < 4.78 is 0.677. The first kappa shape index (κ1) is 13.5. The second kappa shape index (κ2) is 6.24. The Bertz CT molecular complexity index is 435. The van der Waals surface area contributed by atoms with Crippen molar-refractivity contribution in [2.75, 3.05) is 19.3 Å². The topological polar surface area (TPSA) is 84.2 Å². The van der Waals surface area contributed by atoms with Crippen molar-refractivity contribution < 1.29 is 9.59 Å². The zero-order chi connectivity index (χ0) is 12.8. The van der Waals surface area contributed by atoms with Gasteiger partial charge in [0.1, 0.15) is 0 Å². The smallest absolute Gasteiger partial charge is 0.251 e. The molecule has 4 N–H and O–H groups in total. The number of carbonyl (C=O) groups is 2. The van der Waals surface area contributed by atoms with Crippen LogP contribution in [-0.4, -0.2) is 25.4 Å². The van der Waals surface area contributed by atoms with Gasteiger partial charge < -0.3 is 16.4 Å². The fourth-order valence-corrected chi connectivity index (χ4v) is 1.56. The average molecular weight is 300 g/mol. The van der Waals surface area contributed by atoms with Crippen LogP contribution in [0.15, 0.2) is 22.7 Å². The first-order chi connectivity index (χ1) is 8.04. The van der Waals surface area contributed by atoms with Crippen LogP contribution in [-0.2, 0) is 4.79 Å². The van der Waals surface area contributed by atoms with Crippen molar-refractivity contribution in [1.29, 1.82) is 0 Å². The summed E-state index contributed by atoms with van der Waals surface area (Å²) in [6, 6.07) is 4.93. The summed E-state index contributed by atoms with van der Waals surface area (Å²) >= 11 is 3.25. The van der Waals surface area contributed by atoms with Gasteiger partial charge in [-0.3, -0.25) is 9.59 Å². The van der Waals surface area contributed by atoms with E-state index in [-0.39, 0.29) is 18.2 Å². The van der Waals surface area contributed by atoms with E-state index in [4.69, 9.17) is 5.73 Å². The normalized spacial score (nSPS) is 9.76. The van der Waals surface area contributed by atoms with E-state index < -0.39 is 0 Å². The lowest BCUT2D eigenvalue weighted by Crippen LogP contribution is -2.29. The average Bonchev–Trinajstić information content (AvgIpc) is 2.32. The molecule has 0 saturated heterocycles. The number of halogens is 1. The van der Waals surface area contributed by atoms with Crippen molar-refractivity contribution in [3.8, 4) is 0 Å². The van der Waals surface area contributed by atoms with E-state index in [1.54, 1.807) is 25.2 Å². The van der Waals surface area contributed by atoms with Gasteiger partial charge in [0.2, 0.25) is 5.91 Å². The van der Waals surface area contributed by atoms with Gasteiger partial charge in [0.15, 0.2) is 0 Å². The van der Waals surface area contributed by atoms with E-state index in [0.29, 0.717) is 22.3 Å². The fraction of sp³-hybridized carbons (Fsp3) is 0.273. The minimum absolute atomic E-state index is 0.108. The molecule has 1 rings (SSSR count). The minimum atomic E-state index is -0.227. The molecule has 0 radical (unpaired) electrons. The predicted molar refractivity (Wildman–Crippen MR) is 69.6 cm³/mol. The molecule has 1 aromatic carbocycles. The number of nitrogens with two attached hydrogens (primary N) is 1. The molecule has 5 nitrogen and oxygen atoms in total. The van der Waals surface area contributed by atoms with Crippen molar-refractivity contribution in [2.24, 2.45) is 0 Å². The molecule has 0 fully saturated rings. The number of nitrogen functional groups attached to an aromatic ring is 1. The molecule has 0 saturated carbocycles. The number of benzene rings is 1. The summed E-state index contributed by atoms with van der Waals surface area (Å²) in [4.78, 5) is 22.6. The number of anilines is 1. The lowest BCUT2D eigenvalue weighted by Gasteiger charge is -2.06. The van der Waals surface area contributed by atoms with E-state index in [1.165, 1.54) is 0 Å². The maximum atomic E-state index is 11.7. The molecule has 0 spiro atoms. The van der Waals surface area contributed by atoms with Crippen molar-refractivity contribution in [1.82, 2.24) is 10.6 Å². The highest BCUT2D eigenvalue weighted by molar-refractivity contribution is 9.10. The van der Waals surface area contributed by atoms with Gasteiger partial charge >= 0.3 is 0 Å². The van der Waals surface area contributed by atoms with E-state index >= 15 is 0 Å². The SMILES string of the molecule is CNC(=O)CCNC(=O)c1ccc(N)c(Br)c1. The van der Waals surface area contributed by atoms with Crippen LogP contribution < -0.4 is 16.4 Å². The van der Waals surface area contributed by atoms with Crippen LogP contribution in [0.2, 0.25) is 0 Å². The van der Waals surface area contributed by atoms with Gasteiger partial charge in [-0.2, -0.15) is 0 Å². The highest BCUT2D eigenvalue weighted by Gasteiger charge is 2.07. The Kier molecular flexibility index (Phi) is 4.96. The molecule has 0 aromatic heterocycles. The lowest BCUT2D eigenvalue weighted by atomic mass is 10.2. The molecule has 1 aromatic rings. The maximum absolute atomic E-state index is 11.7. The van der Waals surface area contributed by atoms with Crippen LogP contribution >= 0.6 is 15.9 Å². The number of carbonyl (C=O) groups excluding carboxylic acids is 2. The molecular formula is C11H14BrN3O2. The minimum Gasteiger partial charge on any atom is -0.398 e. The van der Waals surface area contributed by atoms with Crippen LogP contribution in [0, 0.1) is 0 Å². The Balaban J connectivity index is 2.52. The summed E-state index contributed by atoms with van der Waals surface area (Å²) in [5.41, 5.74) is 6.69. The van der Waals surface area contributed by atoms with Crippen LogP contribution in [0.1, 0.15) is 16.8 Å². The summed E-state index contributed by atoms with van der Waals surface area (Å²) in [5.74, 6) is -0.335. The summed E-state index contributed by atoms with van der Waals surface area (Å²) in [5, 5.41) is 5.13. The van der Waals surface area contributed by atoms with E-state index in [9.17, 15) is 9.59 Å². The standard InChI is InChI=1S/C11H14BrN3O2/c1-14-10(16)4-5-15-11(17)7-2-3-9(13)8(12)6-7/h2-3,6H,4-5,13H2,1H3,(H,14,16)(H,15,17). The number of rotatable bonds is 4. The molecule has 6 heteroatoms. The van der Waals surface area contributed by atoms with Gasteiger partial charge in [-0.25, -0.2) is 0 Å². The quantitative estimate of drug-likeness (QED) is 0.722. The van der Waals surface area contributed by atoms with E-state index in [2.05, 4.69) is 26.6 Å². The van der Waals surface area contributed by atoms with Crippen molar-refractivity contribution >= 4 is 33.4 Å².